The molecule has 0 amide bonds. The summed E-state index contributed by atoms with van der Waals surface area (Å²) in [4.78, 5) is 4.27. The second-order valence-corrected chi connectivity index (χ2v) is 3.02. The van der Waals surface area contributed by atoms with E-state index in [1.165, 1.54) is 10.8 Å². The number of rotatable bonds is 0. The summed E-state index contributed by atoms with van der Waals surface area (Å²) in [6.07, 6.45) is 0. The van der Waals surface area contributed by atoms with Gasteiger partial charge in [0, 0.05) is 5.75 Å². The fraction of sp³-hybridized carbons (Fsp3) is 0.800. The zero-order chi connectivity index (χ0) is 5.28. The molecule has 0 N–H and O–H groups in total. The maximum absolute atomic E-state index is 4.27. The Kier molecular flexibility index (Phi) is 1.38. The van der Waals surface area contributed by atoms with Crippen LogP contribution in [-0.4, -0.2) is 16.8 Å². The van der Waals surface area contributed by atoms with Gasteiger partial charge in [0.05, 0.1) is 11.1 Å². The van der Waals surface area contributed by atoms with Gasteiger partial charge in [-0.15, -0.1) is 11.8 Å². The molecule has 0 aromatic rings. The van der Waals surface area contributed by atoms with Crippen molar-refractivity contribution in [2.45, 2.75) is 19.9 Å². The molecular formula is C5H9NS. The average molecular weight is 115 g/mol. The van der Waals surface area contributed by atoms with Crippen molar-refractivity contribution in [3.05, 3.63) is 0 Å². The highest BCUT2D eigenvalue weighted by molar-refractivity contribution is 8.14. The third-order valence-electron chi connectivity index (χ3n) is 0.936. The van der Waals surface area contributed by atoms with Crippen LogP contribution in [0.15, 0.2) is 4.99 Å². The van der Waals surface area contributed by atoms with Crippen LogP contribution in [0.25, 0.3) is 0 Å². The third-order valence-corrected chi connectivity index (χ3v) is 2.11. The lowest BCUT2D eigenvalue weighted by Crippen LogP contribution is -1.92. The van der Waals surface area contributed by atoms with Gasteiger partial charge in [-0.2, -0.15) is 0 Å². The van der Waals surface area contributed by atoms with Crippen LogP contribution in [0, 0.1) is 0 Å². The first-order valence-corrected chi connectivity index (χ1v) is 3.45. The fourth-order valence-electron chi connectivity index (χ4n) is 0.626. The molecule has 7 heavy (non-hydrogen) atoms. The first-order valence-electron chi connectivity index (χ1n) is 2.46. The van der Waals surface area contributed by atoms with Gasteiger partial charge in [-0.1, -0.05) is 0 Å². The van der Waals surface area contributed by atoms with Gasteiger partial charge in [-0.3, -0.25) is 4.99 Å². The van der Waals surface area contributed by atoms with Crippen molar-refractivity contribution in [2.24, 2.45) is 4.99 Å². The predicted molar refractivity (Wildman–Crippen MR) is 35.0 cm³/mol. The SMILES string of the molecule is CC1=N[C@@H](C)CS1. The van der Waals surface area contributed by atoms with Gasteiger partial charge in [0.15, 0.2) is 0 Å². The van der Waals surface area contributed by atoms with Gasteiger partial charge in [0.1, 0.15) is 0 Å². The molecular weight excluding hydrogens is 106 g/mol. The van der Waals surface area contributed by atoms with Crippen molar-refractivity contribution < 1.29 is 0 Å². The molecule has 2 heteroatoms. The van der Waals surface area contributed by atoms with E-state index < -0.39 is 0 Å². The summed E-state index contributed by atoms with van der Waals surface area (Å²) in [7, 11) is 0. The Morgan fingerprint density at radius 3 is 2.71 bits per heavy atom. The molecule has 1 rings (SSSR count). The van der Waals surface area contributed by atoms with Gasteiger partial charge in [-0.05, 0) is 13.8 Å². The van der Waals surface area contributed by atoms with E-state index in [2.05, 4.69) is 18.8 Å². The zero-order valence-corrected chi connectivity index (χ0v) is 5.46. The van der Waals surface area contributed by atoms with Crippen LogP contribution < -0.4 is 0 Å². The minimum atomic E-state index is 0.574. The quantitative estimate of drug-likeness (QED) is 0.466. The van der Waals surface area contributed by atoms with Crippen LogP contribution in [0.5, 0.6) is 0 Å². The summed E-state index contributed by atoms with van der Waals surface area (Å²) in [5, 5.41) is 1.24. The van der Waals surface area contributed by atoms with Gasteiger partial charge in [0.2, 0.25) is 0 Å². The normalized spacial score (nSPS) is 30.6. The van der Waals surface area contributed by atoms with Crippen molar-refractivity contribution >= 4 is 16.8 Å². The number of hydrogen-bond acceptors (Lipinski definition) is 2. The lowest BCUT2D eigenvalue weighted by Gasteiger charge is -1.87. The molecule has 0 radical (unpaired) electrons. The fourth-order valence-corrected chi connectivity index (χ4v) is 1.44. The highest BCUT2D eigenvalue weighted by atomic mass is 32.2. The molecule has 0 aromatic carbocycles. The summed E-state index contributed by atoms with van der Waals surface area (Å²) in [5.74, 6) is 1.19. The molecule has 1 nitrogen and oxygen atoms in total. The van der Waals surface area contributed by atoms with E-state index >= 15 is 0 Å². The van der Waals surface area contributed by atoms with Crippen LogP contribution in [0.4, 0.5) is 0 Å². The summed E-state index contributed by atoms with van der Waals surface area (Å²) >= 11 is 1.86. The van der Waals surface area contributed by atoms with Gasteiger partial charge >= 0.3 is 0 Å². The van der Waals surface area contributed by atoms with Crippen LogP contribution in [0.3, 0.4) is 0 Å². The average Bonchev–Trinajstić information content (AvgIpc) is 1.87. The van der Waals surface area contributed by atoms with Gasteiger partial charge in [-0.25, -0.2) is 0 Å². The van der Waals surface area contributed by atoms with Crippen molar-refractivity contribution in [1.82, 2.24) is 0 Å². The smallest absolute Gasteiger partial charge is 0.0649 e. The second kappa shape index (κ2) is 1.86. The maximum atomic E-state index is 4.27. The van der Waals surface area contributed by atoms with E-state index in [1.807, 2.05) is 11.8 Å². The summed E-state index contributed by atoms with van der Waals surface area (Å²) < 4.78 is 0. The Balaban J connectivity index is 2.50. The van der Waals surface area contributed by atoms with E-state index in [0.29, 0.717) is 6.04 Å². The second-order valence-electron chi connectivity index (χ2n) is 1.81. The number of aliphatic imine (C=N–C) groups is 1. The lowest BCUT2D eigenvalue weighted by atomic mass is 10.4. The van der Waals surface area contributed by atoms with Crippen molar-refractivity contribution in [2.75, 3.05) is 5.75 Å². The third kappa shape index (κ3) is 1.20. The molecule has 0 fully saturated rings. The minimum absolute atomic E-state index is 0.574. The molecule has 1 aliphatic rings. The monoisotopic (exact) mass is 115 g/mol. The van der Waals surface area contributed by atoms with Crippen molar-refractivity contribution in [3.63, 3.8) is 0 Å². The molecule has 1 aliphatic heterocycles. The molecule has 0 spiro atoms. The standard InChI is InChI=1S/C5H9NS/c1-4-3-7-5(2)6-4/h4H,3H2,1-2H3/t4-/m0/s1. The Bertz CT molecular complexity index is 98.3. The minimum Gasteiger partial charge on any atom is -0.279 e. The molecule has 0 unspecified atom stereocenters. The van der Waals surface area contributed by atoms with E-state index in [9.17, 15) is 0 Å². The number of hydrogen-bond donors (Lipinski definition) is 0. The number of nitrogens with zero attached hydrogens (tertiary/aromatic N) is 1. The van der Waals surface area contributed by atoms with E-state index in [1.54, 1.807) is 0 Å². The molecule has 1 heterocycles. The lowest BCUT2D eigenvalue weighted by molar-refractivity contribution is 0.865. The van der Waals surface area contributed by atoms with Crippen LogP contribution in [0.2, 0.25) is 0 Å². The Hall–Kier alpha value is 0.0200. The Morgan fingerprint density at radius 2 is 2.57 bits per heavy atom. The topological polar surface area (TPSA) is 12.4 Å². The van der Waals surface area contributed by atoms with Crippen LogP contribution in [-0.2, 0) is 0 Å². The predicted octanol–water partition coefficient (Wildman–Crippen LogP) is 1.54. The van der Waals surface area contributed by atoms with Crippen molar-refractivity contribution in [3.8, 4) is 0 Å². The van der Waals surface area contributed by atoms with Crippen molar-refractivity contribution in [1.29, 1.82) is 0 Å². The molecule has 0 bridgehead atoms. The largest absolute Gasteiger partial charge is 0.279 e. The number of thioether (sulfide) groups is 1. The van der Waals surface area contributed by atoms with E-state index in [4.69, 9.17) is 0 Å². The molecule has 0 saturated carbocycles. The van der Waals surface area contributed by atoms with E-state index in [-0.39, 0.29) is 0 Å². The first kappa shape index (κ1) is 5.16. The highest BCUT2D eigenvalue weighted by Crippen LogP contribution is 2.15. The highest BCUT2D eigenvalue weighted by Gasteiger charge is 2.07. The molecule has 0 saturated heterocycles. The van der Waals surface area contributed by atoms with Gasteiger partial charge < -0.3 is 0 Å². The maximum Gasteiger partial charge on any atom is 0.0649 e. The summed E-state index contributed by atoms with van der Waals surface area (Å²) in [6.45, 7) is 4.21. The Morgan fingerprint density at radius 1 is 1.86 bits per heavy atom. The summed E-state index contributed by atoms with van der Waals surface area (Å²) in [5.41, 5.74) is 0. The van der Waals surface area contributed by atoms with E-state index in [0.717, 1.165) is 0 Å². The molecule has 1 atom stereocenters. The Labute approximate surface area is 48.2 Å². The van der Waals surface area contributed by atoms with Crippen LogP contribution >= 0.6 is 11.8 Å². The first-order chi connectivity index (χ1) is 3.29. The molecule has 0 aromatic heterocycles. The molecule has 0 aliphatic carbocycles. The van der Waals surface area contributed by atoms with Gasteiger partial charge in [0.25, 0.3) is 0 Å². The zero-order valence-electron chi connectivity index (χ0n) is 4.64. The molecule has 40 valence electrons. The van der Waals surface area contributed by atoms with Crippen LogP contribution in [0.1, 0.15) is 13.8 Å². The summed E-state index contributed by atoms with van der Waals surface area (Å²) in [6, 6.07) is 0.574.